The molecule has 4 rings (SSSR count). The maximum Gasteiger partial charge on any atom is 0.255 e. The van der Waals surface area contributed by atoms with Crippen molar-refractivity contribution >= 4 is 29.1 Å². The highest BCUT2D eigenvalue weighted by Gasteiger charge is 2.21. The molecule has 0 saturated carbocycles. The van der Waals surface area contributed by atoms with E-state index in [2.05, 4.69) is 10.3 Å². The first-order valence-electron chi connectivity index (χ1n) is 10.1. The van der Waals surface area contributed by atoms with Crippen LogP contribution in [0, 0.1) is 0 Å². The van der Waals surface area contributed by atoms with Gasteiger partial charge in [-0.05, 0) is 55.1 Å². The number of amides is 2. The standard InChI is InChI=1S/C24H23ClN4O2/c1-28-12-13-29(23(30)16-28)15-17-5-7-18(8-6-17)24(31)27-19-9-10-21(25)20(14-19)22-4-2-3-11-26-22/h2-11,14H,12-13,15-16H2,1H3,(H,27,31). The van der Waals surface area contributed by atoms with E-state index in [1.165, 1.54) is 0 Å². The van der Waals surface area contributed by atoms with Crippen LogP contribution in [0.5, 0.6) is 0 Å². The molecule has 1 aliphatic heterocycles. The zero-order valence-corrected chi connectivity index (χ0v) is 18.0. The van der Waals surface area contributed by atoms with Crippen LogP contribution in [0.15, 0.2) is 66.9 Å². The topological polar surface area (TPSA) is 65.5 Å². The third-order valence-electron chi connectivity index (χ3n) is 5.26. The van der Waals surface area contributed by atoms with Gasteiger partial charge in [0.05, 0.1) is 17.3 Å². The summed E-state index contributed by atoms with van der Waals surface area (Å²) in [6.07, 6.45) is 1.70. The van der Waals surface area contributed by atoms with Gasteiger partial charge in [0.1, 0.15) is 0 Å². The average Bonchev–Trinajstić information content (AvgIpc) is 2.78. The number of piperazine rings is 1. The molecule has 2 amide bonds. The second-order valence-electron chi connectivity index (χ2n) is 7.61. The highest BCUT2D eigenvalue weighted by molar-refractivity contribution is 6.33. The number of carbonyl (C=O) groups excluding carboxylic acids is 2. The first-order chi connectivity index (χ1) is 15.0. The quantitative estimate of drug-likeness (QED) is 0.660. The first kappa shape index (κ1) is 21.0. The first-order valence-corrected chi connectivity index (χ1v) is 10.4. The summed E-state index contributed by atoms with van der Waals surface area (Å²) in [6.45, 7) is 2.59. The van der Waals surface area contributed by atoms with Gasteiger partial charge in [-0.3, -0.25) is 19.5 Å². The predicted octanol–water partition coefficient (Wildman–Crippen LogP) is 3.93. The Balaban J connectivity index is 1.43. The lowest BCUT2D eigenvalue weighted by Gasteiger charge is -2.32. The van der Waals surface area contributed by atoms with Gasteiger partial charge in [-0.1, -0.05) is 29.8 Å². The molecule has 1 fully saturated rings. The Labute approximate surface area is 186 Å². The monoisotopic (exact) mass is 434 g/mol. The summed E-state index contributed by atoms with van der Waals surface area (Å²) in [7, 11) is 1.95. The average molecular weight is 435 g/mol. The molecule has 2 aromatic carbocycles. The summed E-state index contributed by atoms with van der Waals surface area (Å²) in [6, 6.07) is 18.3. The maximum atomic E-state index is 12.7. The third kappa shape index (κ3) is 5.10. The van der Waals surface area contributed by atoms with E-state index in [4.69, 9.17) is 11.6 Å². The van der Waals surface area contributed by atoms with Crippen molar-refractivity contribution in [3.05, 3.63) is 83.0 Å². The number of carbonyl (C=O) groups is 2. The molecule has 0 aliphatic carbocycles. The molecule has 7 heteroatoms. The Morgan fingerprint density at radius 1 is 1.10 bits per heavy atom. The molecule has 3 aromatic rings. The minimum absolute atomic E-state index is 0.127. The van der Waals surface area contributed by atoms with Crippen LogP contribution in [0.1, 0.15) is 15.9 Å². The second kappa shape index (κ2) is 9.29. The van der Waals surface area contributed by atoms with Crippen LogP contribution in [0.4, 0.5) is 5.69 Å². The van der Waals surface area contributed by atoms with Crippen molar-refractivity contribution in [1.82, 2.24) is 14.8 Å². The van der Waals surface area contributed by atoms with Crippen molar-refractivity contribution in [2.45, 2.75) is 6.54 Å². The maximum absolute atomic E-state index is 12.7. The zero-order chi connectivity index (χ0) is 21.8. The lowest BCUT2D eigenvalue weighted by Crippen LogP contribution is -2.48. The summed E-state index contributed by atoms with van der Waals surface area (Å²) < 4.78 is 0. The number of likely N-dealkylation sites (N-methyl/N-ethyl adjacent to an activating group) is 1. The normalized spacial score (nSPS) is 14.5. The fourth-order valence-electron chi connectivity index (χ4n) is 3.50. The van der Waals surface area contributed by atoms with Gasteiger partial charge in [0, 0.05) is 42.6 Å². The van der Waals surface area contributed by atoms with E-state index in [9.17, 15) is 9.59 Å². The van der Waals surface area contributed by atoms with Gasteiger partial charge < -0.3 is 10.2 Å². The van der Waals surface area contributed by atoms with E-state index in [1.807, 2.05) is 53.2 Å². The lowest BCUT2D eigenvalue weighted by atomic mass is 10.1. The number of halogens is 1. The van der Waals surface area contributed by atoms with Crippen molar-refractivity contribution in [3.8, 4) is 11.3 Å². The molecule has 0 unspecified atom stereocenters. The van der Waals surface area contributed by atoms with Gasteiger partial charge in [-0.2, -0.15) is 0 Å². The van der Waals surface area contributed by atoms with Crippen LogP contribution in [-0.2, 0) is 11.3 Å². The van der Waals surface area contributed by atoms with Crippen molar-refractivity contribution in [2.24, 2.45) is 0 Å². The molecule has 0 radical (unpaired) electrons. The van der Waals surface area contributed by atoms with Gasteiger partial charge in [-0.15, -0.1) is 0 Å². The number of nitrogens with one attached hydrogen (secondary N) is 1. The molecule has 0 bridgehead atoms. The minimum atomic E-state index is -0.212. The summed E-state index contributed by atoms with van der Waals surface area (Å²) in [5, 5.41) is 3.48. The van der Waals surface area contributed by atoms with Gasteiger partial charge >= 0.3 is 0 Å². The van der Waals surface area contributed by atoms with Gasteiger partial charge in [0.2, 0.25) is 5.91 Å². The number of benzene rings is 2. The predicted molar refractivity (Wildman–Crippen MR) is 122 cm³/mol. The van der Waals surface area contributed by atoms with Gasteiger partial charge in [-0.25, -0.2) is 0 Å². The van der Waals surface area contributed by atoms with E-state index >= 15 is 0 Å². The largest absolute Gasteiger partial charge is 0.336 e. The number of pyridine rings is 1. The highest BCUT2D eigenvalue weighted by Crippen LogP contribution is 2.29. The Morgan fingerprint density at radius 2 is 1.90 bits per heavy atom. The summed E-state index contributed by atoms with van der Waals surface area (Å²) >= 11 is 6.32. The van der Waals surface area contributed by atoms with Crippen LogP contribution in [-0.4, -0.2) is 53.3 Å². The summed E-state index contributed by atoms with van der Waals surface area (Å²) in [4.78, 5) is 33.0. The second-order valence-corrected chi connectivity index (χ2v) is 8.02. The fraction of sp³-hybridized carbons (Fsp3) is 0.208. The molecule has 0 spiro atoms. The van der Waals surface area contributed by atoms with E-state index in [0.29, 0.717) is 35.9 Å². The van der Waals surface area contributed by atoms with Crippen molar-refractivity contribution in [1.29, 1.82) is 0 Å². The van der Waals surface area contributed by atoms with E-state index in [1.54, 1.807) is 30.5 Å². The molecular formula is C24H23ClN4O2. The van der Waals surface area contributed by atoms with Crippen molar-refractivity contribution < 1.29 is 9.59 Å². The Morgan fingerprint density at radius 3 is 2.61 bits per heavy atom. The van der Waals surface area contributed by atoms with E-state index in [-0.39, 0.29) is 11.8 Å². The minimum Gasteiger partial charge on any atom is -0.336 e. The third-order valence-corrected chi connectivity index (χ3v) is 5.59. The molecule has 2 heterocycles. The number of nitrogens with zero attached hydrogens (tertiary/aromatic N) is 3. The Kier molecular flexibility index (Phi) is 6.30. The number of rotatable bonds is 5. The molecule has 0 atom stereocenters. The smallest absolute Gasteiger partial charge is 0.255 e. The number of hydrogen-bond acceptors (Lipinski definition) is 4. The molecule has 1 aliphatic rings. The molecule has 158 valence electrons. The van der Waals surface area contributed by atoms with E-state index < -0.39 is 0 Å². The van der Waals surface area contributed by atoms with Crippen LogP contribution < -0.4 is 5.32 Å². The SMILES string of the molecule is CN1CCN(Cc2ccc(C(=O)Nc3ccc(Cl)c(-c4ccccn4)c3)cc2)C(=O)C1. The van der Waals surface area contributed by atoms with Crippen LogP contribution in [0.25, 0.3) is 11.3 Å². The highest BCUT2D eigenvalue weighted by atomic mass is 35.5. The zero-order valence-electron chi connectivity index (χ0n) is 17.2. The Hall–Kier alpha value is -3.22. The molecule has 1 saturated heterocycles. The molecule has 6 nitrogen and oxygen atoms in total. The van der Waals surface area contributed by atoms with Crippen molar-refractivity contribution in [3.63, 3.8) is 0 Å². The number of hydrogen-bond donors (Lipinski definition) is 1. The van der Waals surface area contributed by atoms with Gasteiger partial charge in [0.15, 0.2) is 0 Å². The molecule has 31 heavy (non-hydrogen) atoms. The van der Waals surface area contributed by atoms with Gasteiger partial charge in [0.25, 0.3) is 5.91 Å². The molecular weight excluding hydrogens is 412 g/mol. The van der Waals surface area contributed by atoms with Crippen LogP contribution >= 0.6 is 11.6 Å². The fourth-order valence-corrected chi connectivity index (χ4v) is 3.71. The number of aromatic nitrogens is 1. The number of anilines is 1. The molecule has 1 N–H and O–H groups in total. The van der Waals surface area contributed by atoms with E-state index in [0.717, 1.165) is 23.4 Å². The van der Waals surface area contributed by atoms with Crippen LogP contribution in [0.2, 0.25) is 5.02 Å². The summed E-state index contributed by atoms with van der Waals surface area (Å²) in [5.74, 6) is -0.0847. The van der Waals surface area contributed by atoms with Crippen LogP contribution in [0.3, 0.4) is 0 Å². The lowest BCUT2D eigenvalue weighted by molar-refractivity contribution is -0.136. The summed E-state index contributed by atoms with van der Waals surface area (Å²) in [5.41, 5.74) is 3.68. The van der Waals surface area contributed by atoms with Crippen molar-refractivity contribution in [2.75, 3.05) is 32.0 Å². The molecule has 1 aromatic heterocycles. The Bertz CT molecular complexity index is 1090.